The molecule has 1 heterocycles. The number of unbranched alkanes of at least 4 members (excludes halogenated alkanes) is 10. The molecule has 2 rings (SSSR count). The predicted molar refractivity (Wildman–Crippen MR) is 161 cm³/mol. The molecule has 1 aromatic heterocycles. The summed E-state index contributed by atoms with van der Waals surface area (Å²) in [6.45, 7) is 0. The summed E-state index contributed by atoms with van der Waals surface area (Å²) in [5.41, 5.74) is 0.163. The van der Waals surface area contributed by atoms with Crippen molar-refractivity contribution in [3.05, 3.63) is 64.6 Å². The first-order chi connectivity index (χ1) is 19.5. The molecular weight excluding hydrogens is 528 g/mol. The predicted octanol–water partition coefficient (Wildman–Crippen LogP) is 7.39. The van der Waals surface area contributed by atoms with Crippen molar-refractivity contribution in [2.24, 2.45) is 0 Å². The maximum absolute atomic E-state index is 12.2. The molecule has 0 aliphatic rings. The summed E-state index contributed by atoms with van der Waals surface area (Å²) in [7, 11) is 2.55. The molecular formula is C32H44O7S. The Morgan fingerprint density at radius 1 is 0.875 bits per heavy atom. The smallest absolute Gasteiger partial charge is 0.374 e. The Labute approximate surface area is 242 Å². The average Bonchev–Trinajstić information content (AvgIpc) is 2.96. The lowest BCUT2D eigenvalue weighted by atomic mass is 10.1. The first-order valence-electron chi connectivity index (χ1n) is 14.3. The summed E-state index contributed by atoms with van der Waals surface area (Å²) in [6, 6.07) is 6.68. The standard InChI is InChI=1S/C32H44O7S/c1-37-31(35)27(33)19-17-15-13-11-9-7-5-3-4-6-8-10-12-14-16-18-22-40-25-20-21-26-28(34)24-30(32(36)38-2)39-29(26)23-25/h5,7,9,11,20-21,23-24,27,33H,3-4,6,8,10,12-19,22H2,1-2H3. The second kappa shape index (κ2) is 20.1. The van der Waals surface area contributed by atoms with Gasteiger partial charge >= 0.3 is 11.9 Å². The molecule has 7 nitrogen and oxygen atoms in total. The summed E-state index contributed by atoms with van der Waals surface area (Å²) in [6.07, 6.45) is 21.7. The highest BCUT2D eigenvalue weighted by molar-refractivity contribution is 7.99. The molecule has 1 aromatic carbocycles. The van der Waals surface area contributed by atoms with Crippen LogP contribution in [0.15, 0.2) is 62.7 Å². The number of methoxy groups -OCH3 is 2. The van der Waals surface area contributed by atoms with Crippen LogP contribution in [0.2, 0.25) is 0 Å². The fraction of sp³-hybridized carbons (Fsp3) is 0.531. The van der Waals surface area contributed by atoms with Gasteiger partial charge in [0.15, 0.2) is 11.5 Å². The molecule has 1 N–H and O–H groups in total. The Kier molecular flexibility index (Phi) is 16.8. The van der Waals surface area contributed by atoms with E-state index in [-0.39, 0.29) is 11.2 Å². The Bertz CT molecular complexity index is 1150. The average molecular weight is 573 g/mol. The quantitative estimate of drug-likeness (QED) is 0.0758. The number of hydrogen-bond acceptors (Lipinski definition) is 8. The van der Waals surface area contributed by atoms with Crippen LogP contribution < -0.4 is 5.43 Å². The van der Waals surface area contributed by atoms with E-state index in [0.29, 0.717) is 17.4 Å². The van der Waals surface area contributed by atoms with Crippen molar-refractivity contribution in [2.45, 2.75) is 94.5 Å². The summed E-state index contributed by atoms with van der Waals surface area (Å²) in [5, 5.41) is 9.98. The van der Waals surface area contributed by atoms with Gasteiger partial charge in [0, 0.05) is 11.0 Å². The minimum Gasteiger partial charge on any atom is -0.467 e. The minimum atomic E-state index is -0.999. The Morgan fingerprint density at radius 2 is 1.50 bits per heavy atom. The van der Waals surface area contributed by atoms with Crippen LogP contribution in [0.25, 0.3) is 11.0 Å². The van der Waals surface area contributed by atoms with Crippen molar-refractivity contribution in [3.63, 3.8) is 0 Å². The third-order valence-electron chi connectivity index (χ3n) is 6.58. The number of fused-ring (bicyclic) bond motifs is 1. The zero-order chi connectivity index (χ0) is 29.0. The molecule has 0 fully saturated rings. The lowest BCUT2D eigenvalue weighted by molar-refractivity contribution is -0.150. The van der Waals surface area contributed by atoms with E-state index in [1.807, 2.05) is 12.1 Å². The Balaban J connectivity index is 1.45. The molecule has 220 valence electrons. The van der Waals surface area contributed by atoms with Crippen LogP contribution in [0.3, 0.4) is 0 Å². The van der Waals surface area contributed by atoms with Crippen molar-refractivity contribution in [1.82, 2.24) is 0 Å². The van der Waals surface area contributed by atoms with E-state index in [0.717, 1.165) is 42.8 Å². The van der Waals surface area contributed by atoms with Gasteiger partial charge in [-0.1, -0.05) is 62.8 Å². The molecule has 1 atom stereocenters. The summed E-state index contributed by atoms with van der Waals surface area (Å²) >= 11 is 1.74. The third-order valence-corrected chi connectivity index (χ3v) is 7.66. The first-order valence-corrected chi connectivity index (χ1v) is 15.3. The van der Waals surface area contributed by atoms with Crippen molar-refractivity contribution in [3.8, 4) is 0 Å². The number of ether oxygens (including phenoxy) is 2. The van der Waals surface area contributed by atoms with Crippen LogP contribution >= 0.6 is 11.8 Å². The molecule has 0 saturated carbocycles. The largest absolute Gasteiger partial charge is 0.467 e. The van der Waals surface area contributed by atoms with Gasteiger partial charge in [-0.25, -0.2) is 9.59 Å². The molecule has 0 bridgehead atoms. The number of carbonyl (C=O) groups is 2. The lowest BCUT2D eigenvalue weighted by Crippen LogP contribution is -2.21. The van der Waals surface area contributed by atoms with Crippen molar-refractivity contribution in [1.29, 1.82) is 0 Å². The fourth-order valence-corrected chi connectivity index (χ4v) is 5.18. The van der Waals surface area contributed by atoms with Crippen molar-refractivity contribution in [2.75, 3.05) is 20.0 Å². The molecule has 0 saturated heterocycles. The number of thioether (sulfide) groups is 1. The van der Waals surface area contributed by atoms with Crippen LogP contribution in [0.1, 0.15) is 94.0 Å². The molecule has 0 radical (unpaired) electrons. The number of esters is 2. The van der Waals surface area contributed by atoms with Crippen molar-refractivity contribution < 1.29 is 28.6 Å². The van der Waals surface area contributed by atoms with Gasteiger partial charge in [0.2, 0.25) is 5.76 Å². The van der Waals surface area contributed by atoms with Gasteiger partial charge in [-0.15, -0.1) is 11.8 Å². The lowest BCUT2D eigenvalue weighted by Gasteiger charge is -2.06. The number of benzene rings is 1. The van der Waals surface area contributed by atoms with E-state index >= 15 is 0 Å². The Hall–Kier alpha value is -2.84. The van der Waals surface area contributed by atoms with E-state index in [4.69, 9.17) is 4.42 Å². The van der Waals surface area contributed by atoms with Gasteiger partial charge in [-0.3, -0.25) is 4.79 Å². The SMILES string of the molecule is COC(=O)c1cc(=O)c2ccc(SCCCCCCCCCCC=CC=CCCCCC(O)C(=O)OC)cc2o1. The Morgan fingerprint density at radius 3 is 2.15 bits per heavy atom. The second-order valence-corrected chi connectivity index (χ2v) is 10.9. The molecule has 0 aliphatic heterocycles. The molecule has 40 heavy (non-hydrogen) atoms. The molecule has 0 aliphatic carbocycles. The normalized spacial score (nSPS) is 12.4. The maximum atomic E-state index is 12.2. The van der Waals surface area contributed by atoms with Gasteiger partial charge in [0.05, 0.1) is 19.6 Å². The summed E-state index contributed by atoms with van der Waals surface area (Å²) < 4.78 is 14.7. The monoisotopic (exact) mass is 572 g/mol. The molecule has 0 spiro atoms. The number of aliphatic hydroxyl groups is 1. The van der Waals surface area contributed by atoms with E-state index < -0.39 is 18.0 Å². The number of allylic oxidation sites excluding steroid dienone is 4. The topological polar surface area (TPSA) is 103 Å². The van der Waals surface area contributed by atoms with Crippen LogP contribution in [0.4, 0.5) is 0 Å². The van der Waals surface area contributed by atoms with Crippen LogP contribution in [-0.2, 0) is 14.3 Å². The molecule has 0 amide bonds. The molecule has 2 aromatic rings. The minimum absolute atomic E-state index is 0.0768. The fourth-order valence-electron chi connectivity index (χ4n) is 4.24. The third kappa shape index (κ3) is 13.0. The van der Waals surface area contributed by atoms with Gasteiger partial charge in [-0.05, 0) is 68.9 Å². The van der Waals surface area contributed by atoms with Crippen LogP contribution in [0, 0.1) is 0 Å². The highest BCUT2D eigenvalue weighted by Gasteiger charge is 2.14. The van der Waals surface area contributed by atoms with Gasteiger partial charge < -0.3 is 19.0 Å². The zero-order valence-electron chi connectivity index (χ0n) is 23.9. The second-order valence-electron chi connectivity index (χ2n) is 9.77. The number of rotatable bonds is 20. The highest BCUT2D eigenvalue weighted by Crippen LogP contribution is 2.24. The summed E-state index contributed by atoms with van der Waals surface area (Å²) in [5.74, 6) is -0.279. The van der Waals surface area contributed by atoms with Crippen LogP contribution in [0.5, 0.6) is 0 Å². The number of hydrogen-bond donors (Lipinski definition) is 1. The van der Waals surface area contributed by atoms with E-state index in [1.54, 1.807) is 17.8 Å². The summed E-state index contributed by atoms with van der Waals surface area (Å²) in [4.78, 5) is 36.0. The van der Waals surface area contributed by atoms with Gasteiger partial charge in [-0.2, -0.15) is 0 Å². The molecule has 8 heteroatoms. The highest BCUT2D eigenvalue weighted by atomic mass is 32.2. The van der Waals surface area contributed by atoms with E-state index in [2.05, 4.69) is 33.8 Å². The zero-order valence-corrected chi connectivity index (χ0v) is 24.7. The number of aliphatic hydroxyl groups excluding tert-OH is 1. The van der Waals surface area contributed by atoms with Crippen LogP contribution in [-0.4, -0.2) is 43.1 Å². The number of carbonyl (C=O) groups excluding carboxylic acids is 2. The van der Waals surface area contributed by atoms with E-state index in [9.17, 15) is 19.5 Å². The van der Waals surface area contributed by atoms with Crippen molar-refractivity contribution >= 4 is 34.7 Å². The molecule has 1 unspecified atom stereocenters. The van der Waals surface area contributed by atoms with Gasteiger partial charge in [0.1, 0.15) is 5.58 Å². The van der Waals surface area contributed by atoms with Gasteiger partial charge in [0.25, 0.3) is 0 Å². The first kappa shape index (κ1) is 33.4. The van der Waals surface area contributed by atoms with E-state index in [1.165, 1.54) is 65.2 Å². The maximum Gasteiger partial charge on any atom is 0.374 e.